The van der Waals surface area contributed by atoms with Gasteiger partial charge in [0.15, 0.2) is 5.76 Å². The minimum atomic E-state index is -0.550. The molecule has 172 valence electrons. The number of amides is 1. The summed E-state index contributed by atoms with van der Waals surface area (Å²) >= 11 is 0. The van der Waals surface area contributed by atoms with E-state index >= 15 is 0 Å². The van der Waals surface area contributed by atoms with Gasteiger partial charge in [0.1, 0.15) is 5.58 Å². The number of furan rings is 1. The van der Waals surface area contributed by atoms with Gasteiger partial charge in [-0.2, -0.15) is 5.26 Å². The molecule has 0 spiro atoms. The molecule has 3 N–H and O–H groups in total. The number of anilines is 1. The van der Waals surface area contributed by atoms with Crippen LogP contribution in [0.25, 0.3) is 27.4 Å². The molecule has 0 aliphatic carbocycles. The predicted molar refractivity (Wildman–Crippen MR) is 135 cm³/mol. The summed E-state index contributed by atoms with van der Waals surface area (Å²) in [5, 5.41) is 11.2. The largest absolute Gasteiger partial charge is 0.451 e. The van der Waals surface area contributed by atoms with Crippen LogP contribution in [0.2, 0.25) is 0 Å². The van der Waals surface area contributed by atoms with Crippen LogP contribution >= 0.6 is 0 Å². The van der Waals surface area contributed by atoms with E-state index in [4.69, 9.17) is 10.2 Å². The smallest absolute Gasteiger partial charge is 0.284 e. The number of carbonyl (C=O) groups excluding carboxylic acids is 1. The summed E-state index contributed by atoms with van der Waals surface area (Å²) in [6.45, 7) is 9.24. The van der Waals surface area contributed by atoms with Gasteiger partial charge >= 0.3 is 0 Å². The number of hydrogen-bond donors (Lipinski definition) is 2. The summed E-state index contributed by atoms with van der Waals surface area (Å²) in [7, 11) is 0. The van der Waals surface area contributed by atoms with Crippen molar-refractivity contribution in [1.29, 1.82) is 5.26 Å². The van der Waals surface area contributed by atoms with E-state index in [1.807, 2.05) is 36.5 Å². The maximum atomic E-state index is 11.4. The van der Waals surface area contributed by atoms with Gasteiger partial charge in [-0.3, -0.25) is 9.69 Å². The van der Waals surface area contributed by atoms with Crippen molar-refractivity contribution < 1.29 is 9.21 Å². The molecule has 7 nitrogen and oxygen atoms in total. The van der Waals surface area contributed by atoms with Crippen LogP contribution in [0.15, 0.2) is 59.7 Å². The van der Waals surface area contributed by atoms with Crippen LogP contribution in [-0.2, 0) is 0 Å². The topological polar surface area (TPSA) is 102 Å². The Bertz CT molecular complexity index is 1420. The third kappa shape index (κ3) is 4.28. The highest BCUT2D eigenvalue weighted by Crippen LogP contribution is 2.28. The maximum absolute atomic E-state index is 11.4. The second-order valence-corrected chi connectivity index (χ2v) is 8.81. The number of allylic oxidation sites excluding steroid dienone is 1. The molecule has 34 heavy (non-hydrogen) atoms. The van der Waals surface area contributed by atoms with Crippen LogP contribution in [0, 0.1) is 11.3 Å². The summed E-state index contributed by atoms with van der Waals surface area (Å²) < 4.78 is 5.49. The highest BCUT2D eigenvalue weighted by Gasteiger charge is 2.18. The van der Waals surface area contributed by atoms with Crippen LogP contribution in [0.4, 0.5) is 5.69 Å². The van der Waals surface area contributed by atoms with Gasteiger partial charge in [0.25, 0.3) is 5.91 Å². The summed E-state index contributed by atoms with van der Waals surface area (Å²) in [6.07, 6.45) is 3.96. The Morgan fingerprint density at radius 3 is 2.74 bits per heavy atom. The molecule has 4 aromatic rings. The molecule has 0 bridgehead atoms. The zero-order chi connectivity index (χ0) is 23.7. The molecular weight excluding hydrogens is 426 g/mol. The van der Waals surface area contributed by atoms with Crippen molar-refractivity contribution in [3.63, 3.8) is 0 Å². The number of aromatic nitrogens is 1. The molecule has 3 heterocycles. The Labute approximate surface area is 198 Å². The zero-order valence-corrected chi connectivity index (χ0v) is 19.0. The van der Waals surface area contributed by atoms with Crippen molar-refractivity contribution in [2.75, 3.05) is 37.6 Å². The van der Waals surface area contributed by atoms with Crippen LogP contribution < -0.4 is 10.6 Å². The van der Waals surface area contributed by atoms with Gasteiger partial charge in [-0.1, -0.05) is 6.58 Å². The van der Waals surface area contributed by atoms with Gasteiger partial charge in [0.2, 0.25) is 0 Å². The highest BCUT2D eigenvalue weighted by molar-refractivity contribution is 5.96. The normalized spacial score (nSPS) is 14.5. The number of piperazine rings is 1. The van der Waals surface area contributed by atoms with Gasteiger partial charge in [0.05, 0.1) is 11.6 Å². The lowest BCUT2D eigenvalue weighted by molar-refractivity contribution is 0.0976. The highest BCUT2D eigenvalue weighted by atomic mass is 16.3. The molecule has 1 aliphatic heterocycles. The number of nitriles is 1. The lowest BCUT2D eigenvalue weighted by Gasteiger charge is -2.36. The Balaban J connectivity index is 1.14. The first-order valence-corrected chi connectivity index (χ1v) is 11.5. The van der Waals surface area contributed by atoms with E-state index in [0.29, 0.717) is 11.1 Å². The first kappa shape index (κ1) is 21.8. The van der Waals surface area contributed by atoms with Gasteiger partial charge in [-0.25, -0.2) is 0 Å². The third-order valence-electron chi connectivity index (χ3n) is 6.62. The molecule has 1 fully saturated rings. The average molecular weight is 454 g/mol. The number of H-pyrrole nitrogens is 1. The zero-order valence-electron chi connectivity index (χ0n) is 19.0. The molecule has 0 unspecified atom stereocenters. The lowest BCUT2D eigenvalue weighted by Crippen LogP contribution is -2.46. The average Bonchev–Trinajstić information content (AvgIpc) is 3.48. The van der Waals surface area contributed by atoms with E-state index in [0.717, 1.165) is 78.7 Å². The third-order valence-corrected chi connectivity index (χ3v) is 6.62. The predicted octanol–water partition coefficient (Wildman–Crippen LogP) is 4.50. The number of fused-ring (bicyclic) bond motifs is 2. The number of aromatic amines is 1. The number of nitrogens with two attached hydrogens (primary N) is 1. The fourth-order valence-corrected chi connectivity index (χ4v) is 4.71. The van der Waals surface area contributed by atoms with Gasteiger partial charge in [-0.05, 0) is 67.4 Å². The lowest BCUT2D eigenvalue weighted by atomic mass is 10.0. The van der Waals surface area contributed by atoms with Crippen molar-refractivity contribution >= 4 is 39.0 Å². The monoisotopic (exact) mass is 453 g/mol. The van der Waals surface area contributed by atoms with E-state index in [-0.39, 0.29) is 5.76 Å². The van der Waals surface area contributed by atoms with Crippen molar-refractivity contribution in [3.05, 3.63) is 72.1 Å². The van der Waals surface area contributed by atoms with Crippen molar-refractivity contribution in [3.8, 4) is 6.07 Å². The SMILES string of the molecule is C=C(CCCN1CCN(c2ccc3oc(C(N)=O)cc3c2)CC1)c1c[nH]c2ccc(C#N)cc12. The molecule has 2 aromatic carbocycles. The fraction of sp³-hybridized carbons (Fsp3) is 0.259. The number of nitrogens with one attached hydrogen (secondary N) is 1. The summed E-state index contributed by atoms with van der Waals surface area (Å²) in [4.78, 5) is 19.5. The second kappa shape index (κ2) is 9.08. The minimum Gasteiger partial charge on any atom is -0.451 e. The van der Waals surface area contributed by atoms with Gasteiger partial charge < -0.3 is 20.0 Å². The van der Waals surface area contributed by atoms with E-state index < -0.39 is 5.91 Å². The number of primary amides is 1. The van der Waals surface area contributed by atoms with Crippen LogP contribution in [0.3, 0.4) is 0 Å². The molecule has 1 amide bonds. The number of hydrogen-bond acceptors (Lipinski definition) is 5. The van der Waals surface area contributed by atoms with E-state index in [1.54, 1.807) is 6.07 Å². The van der Waals surface area contributed by atoms with Crippen LogP contribution in [-0.4, -0.2) is 48.5 Å². The fourth-order valence-electron chi connectivity index (χ4n) is 4.71. The van der Waals surface area contributed by atoms with Crippen LogP contribution in [0.1, 0.15) is 34.5 Å². The molecule has 0 atom stereocenters. The first-order chi connectivity index (χ1) is 16.5. The Morgan fingerprint density at radius 2 is 1.97 bits per heavy atom. The number of benzene rings is 2. The Hall–Kier alpha value is -4.02. The molecule has 0 saturated carbocycles. The van der Waals surface area contributed by atoms with Gasteiger partial charge in [0, 0.05) is 59.9 Å². The second-order valence-electron chi connectivity index (χ2n) is 8.81. The molecule has 1 saturated heterocycles. The molecule has 2 aromatic heterocycles. The summed E-state index contributed by atoms with van der Waals surface area (Å²) in [6, 6.07) is 15.6. The van der Waals surface area contributed by atoms with Crippen molar-refractivity contribution in [1.82, 2.24) is 9.88 Å². The Kier molecular flexibility index (Phi) is 5.83. The number of rotatable bonds is 7. The van der Waals surface area contributed by atoms with Crippen molar-refractivity contribution in [2.24, 2.45) is 5.73 Å². The standard InChI is InChI=1S/C27H27N5O2/c1-18(23-17-30-24-6-4-19(16-28)13-22(23)24)3-2-8-31-9-11-32(12-10-31)21-5-7-25-20(14-21)15-26(34-25)27(29)33/h4-7,13-15,17,30H,1-3,8-12H2,(H2,29,33). The summed E-state index contributed by atoms with van der Waals surface area (Å²) in [5.41, 5.74) is 11.0. The minimum absolute atomic E-state index is 0.191. The molecule has 0 radical (unpaired) electrons. The molecule has 7 heteroatoms. The summed E-state index contributed by atoms with van der Waals surface area (Å²) in [5.74, 6) is -0.359. The molecule has 1 aliphatic rings. The van der Waals surface area contributed by atoms with Gasteiger partial charge in [-0.15, -0.1) is 0 Å². The van der Waals surface area contributed by atoms with E-state index in [9.17, 15) is 10.1 Å². The van der Waals surface area contributed by atoms with E-state index in [2.05, 4.69) is 33.5 Å². The first-order valence-electron chi connectivity index (χ1n) is 11.5. The maximum Gasteiger partial charge on any atom is 0.284 e. The van der Waals surface area contributed by atoms with Crippen molar-refractivity contribution in [2.45, 2.75) is 12.8 Å². The molecule has 5 rings (SSSR count). The Morgan fingerprint density at radius 1 is 1.15 bits per heavy atom. The molecular formula is C27H27N5O2. The van der Waals surface area contributed by atoms with E-state index in [1.165, 1.54) is 0 Å². The quantitative estimate of drug-likeness (QED) is 0.429. The number of nitrogens with zero attached hydrogens (tertiary/aromatic N) is 3. The van der Waals surface area contributed by atoms with Crippen LogP contribution in [0.5, 0.6) is 0 Å². The number of carbonyl (C=O) groups is 1.